The van der Waals surface area contributed by atoms with E-state index in [1.54, 1.807) is 23.1 Å². The van der Waals surface area contributed by atoms with Gasteiger partial charge >= 0.3 is 0 Å². The maximum atomic E-state index is 13.0. The van der Waals surface area contributed by atoms with Crippen molar-refractivity contribution in [3.63, 3.8) is 0 Å². The highest BCUT2D eigenvalue weighted by atomic mass is 35.5. The summed E-state index contributed by atoms with van der Waals surface area (Å²) in [5.74, 6) is 0.162. The van der Waals surface area contributed by atoms with Gasteiger partial charge in [-0.3, -0.25) is 9.59 Å². The van der Waals surface area contributed by atoms with E-state index >= 15 is 0 Å². The molecule has 3 rings (SSSR count). The van der Waals surface area contributed by atoms with Crippen molar-refractivity contribution in [1.82, 2.24) is 15.1 Å². The Balaban J connectivity index is 1.87. The Morgan fingerprint density at radius 3 is 2.83 bits per heavy atom. The Kier molecular flexibility index (Phi) is 4.96. The van der Waals surface area contributed by atoms with E-state index in [0.717, 1.165) is 13.1 Å². The number of likely N-dealkylation sites (N-methyl/N-ethyl adjacent to an activating group) is 1. The average Bonchev–Trinajstić information content (AvgIpc) is 2.80. The SMILES string of the molecule is CCN1C[C@H]2CN(C(=O)c3cc(Cl)ccc3OC)C[C@@H](C1)C(=O)N2. The molecule has 1 aromatic rings. The number of halogens is 1. The number of ether oxygens (including phenoxy) is 1. The molecule has 2 heterocycles. The van der Waals surface area contributed by atoms with Gasteiger partial charge in [0, 0.05) is 31.2 Å². The highest BCUT2D eigenvalue weighted by Crippen LogP contribution is 2.26. The van der Waals surface area contributed by atoms with Crippen LogP contribution in [0.2, 0.25) is 5.02 Å². The minimum absolute atomic E-state index is 0.0318. The van der Waals surface area contributed by atoms with E-state index < -0.39 is 0 Å². The second kappa shape index (κ2) is 6.99. The summed E-state index contributed by atoms with van der Waals surface area (Å²) in [5.41, 5.74) is 0.435. The number of carbonyl (C=O) groups excluding carboxylic acids is 2. The maximum Gasteiger partial charge on any atom is 0.257 e. The van der Waals surface area contributed by atoms with E-state index in [4.69, 9.17) is 16.3 Å². The number of hydrogen-bond acceptors (Lipinski definition) is 4. The quantitative estimate of drug-likeness (QED) is 0.890. The normalized spacial score (nSPS) is 24.3. The van der Waals surface area contributed by atoms with Crippen LogP contribution >= 0.6 is 11.6 Å². The molecule has 0 spiro atoms. The molecule has 0 aromatic heterocycles. The highest BCUT2D eigenvalue weighted by molar-refractivity contribution is 6.31. The van der Waals surface area contributed by atoms with Gasteiger partial charge in [0.05, 0.1) is 24.6 Å². The highest BCUT2D eigenvalue weighted by Gasteiger charge is 2.37. The molecular weight excluding hydrogens is 330 g/mol. The molecule has 2 saturated heterocycles. The van der Waals surface area contributed by atoms with Crippen LogP contribution in [0.1, 0.15) is 17.3 Å². The van der Waals surface area contributed by atoms with E-state index in [1.807, 2.05) is 0 Å². The molecule has 0 aliphatic carbocycles. The van der Waals surface area contributed by atoms with Crippen LogP contribution in [-0.4, -0.2) is 67.5 Å². The number of nitrogens with one attached hydrogen (secondary N) is 1. The van der Waals surface area contributed by atoms with Gasteiger partial charge in [-0.2, -0.15) is 0 Å². The number of rotatable bonds is 3. The molecule has 2 amide bonds. The minimum Gasteiger partial charge on any atom is -0.496 e. The third-order valence-electron chi connectivity index (χ3n) is 4.68. The number of amides is 2. The lowest BCUT2D eigenvalue weighted by Crippen LogP contribution is -2.49. The summed E-state index contributed by atoms with van der Waals surface area (Å²) >= 11 is 6.05. The van der Waals surface area contributed by atoms with Crippen LogP contribution in [-0.2, 0) is 4.79 Å². The first-order valence-corrected chi connectivity index (χ1v) is 8.55. The van der Waals surface area contributed by atoms with Gasteiger partial charge in [-0.05, 0) is 24.7 Å². The summed E-state index contributed by atoms with van der Waals surface area (Å²) in [6, 6.07) is 4.95. The standard InChI is InChI=1S/C17H22ClN3O3/c1-3-20-7-11-8-21(10-13(9-20)19-16(11)22)17(23)14-6-12(18)4-5-15(14)24-2/h4-6,11,13H,3,7-10H2,1-2H3,(H,19,22)/t11-,13+/m1/s1. The summed E-state index contributed by atoms with van der Waals surface area (Å²) in [4.78, 5) is 29.3. The number of methoxy groups -OCH3 is 1. The maximum absolute atomic E-state index is 13.0. The number of nitrogens with zero attached hydrogens (tertiary/aromatic N) is 2. The van der Waals surface area contributed by atoms with Crippen LogP contribution in [0.3, 0.4) is 0 Å². The molecule has 6 nitrogen and oxygen atoms in total. The summed E-state index contributed by atoms with van der Waals surface area (Å²) in [5, 5.41) is 3.54. The molecule has 2 atom stereocenters. The molecule has 2 bridgehead atoms. The molecule has 0 radical (unpaired) electrons. The van der Waals surface area contributed by atoms with Gasteiger partial charge in [0.2, 0.25) is 5.91 Å². The van der Waals surface area contributed by atoms with Gasteiger partial charge in [0.15, 0.2) is 0 Å². The van der Waals surface area contributed by atoms with Crippen molar-refractivity contribution in [3.8, 4) is 5.75 Å². The first-order chi connectivity index (χ1) is 11.5. The topological polar surface area (TPSA) is 61.9 Å². The van der Waals surface area contributed by atoms with Crippen LogP contribution in [0, 0.1) is 5.92 Å². The Bertz CT molecular complexity index is 652. The molecule has 24 heavy (non-hydrogen) atoms. The summed E-state index contributed by atoms with van der Waals surface area (Å²) in [6.07, 6.45) is 0. The number of fused-ring (bicyclic) bond motifs is 3. The molecule has 7 heteroatoms. The van der Waals surface area contributed by atoms with Gasteiger partial charge < -0.3 is 19.9 Å². The van der Waals surface area contributed by atoms with E-state index in [9.17, 15) is 9.59 Å². The predicted molar refractivity (Wildman–Crippen MR) is 91.4 cm³/mol. The zero-order valence-corrected chi connectivity index (χ0v) is 14.7. The number of carbonyl (C=O) groups is 2. The molecule has 1 aromatic carbocycles. The molecular formula is C17H22ClN3O3. The first-order valence-electron chi connectivity index (χ1n) is 8.17. The van der Waals surface area contributed by atoms with Gasteiger partial charge in [-0.1, -0.05) is 18.5 Å². The molecule has 130 valence electrons. The van der Waals surface area contributed by atoms with Crippen molar-refractivity contribution >= 4 is 23.4 Å². The lowest BCUT2D eigenvalue weighted by Gasteiger charge is -2.32. The monoisotopic (exact) mass is 351 g/mol. The Morgan fingerprint density at radius 1 is 1.33 bits per heavy atom. The van der Waals surface area contributed by atoms with Crippen LogP contribution in [0.5, 0.6) is 5.75 Å². The Labute approximate surface area is 146 Å². The van der Waals surface area contributed by atoms with Crippen molar-refractivity contribution in [1.29, 1.82) is 0 Å². The molecule has 1 N–H and O–H groups in total. The average molecular weight is 352 g/mol. The van der Waals surface area contributed by atoms with Crippen LogP contribution in [0.15, 0.2) is 18.2 Å². The third kappa shape index (κ3) is 3.35. The van der Waals surface area contributed by atoms with Crippen molar-refractivity contribution in [2.45, 2.75) is 13.0 Å². The lowest BCUT2D eigenvalue weighted by atomic mass is 10.1. The first kappa shape index (κ1) is 17.0. The largest absolute Gasteiger partial charge is 0.496 e. The fourth-order valence-corrected chi connectivity index (χ4v) is 3.61. The molecule has 2 aliphatic rings. The number of benzene rings is 1. The minimum atomic E-state index is -0.216. The van der Waals surface area contributed by atoms with E-state index in [2.05, 4.69) is 17.1 Å². The summed E-state index contributed by atoms with van der Waals surface area (Å²) < 4.78 is 5.30. The van der Waals surface area contributed by atoms with Gasteiger partial charge in [0.1, 0.15) is 5.75 Å². The van der Waals surface area contributed by atoms with Crippen molar-refractivity contribution < 1.29 is 14.3 Å². The lowest BCUT2D eigenvalue weighted by molar-refractivity contribution is -0.124. The number of hydrogen-bond donors (Lipinski definition) is 1. The molecule has 0 saturated carbocycles. The van der Waals surface area contributed by atoms with Crippen molar-refractivity contribution in [2.24, 2.45) is 5.92 Å². The zero-order valence-electron chi connectivity index (χ0n) is 13.9. The van der Waals surface area contributed by atoms with Crippen LogP contribution in [0.25, 0.3) is 0 Å². The molecule has 0 unspecified atom stereocenters. The summed E-state index contributed by atoms with van der Waals surface area (Å²) in [7, 11) is 1.53. The fourth-order valence-electron chi connectivity index (χ4n) is 3.44. The van der Waals surface area contributed by atoms with Gasteiger partial charge in [-0.25, -0.2) is 0 Å². The molecule has 2 aliphatic heterocycles. The van der Waals surface area contributed by atoms with E-state index in [0.29, 0.717) is 36.0 Å². The van der Waals surface area contributed by atoms with Crippen LogP contribution in [0.4, 0.5) is 0 Å². The smallest absolute Gasteiger partial charge is 0.257 e. The van der Waals surface area contributed by atoms with Gasteiger partial charge in [0.25, 0.3) is 5.91 Å². The fraction of sp³-hybridized carbons (Fsp3) is 0.529. The van der Waals surface area contributed by atoms with Gasteiger partial charge in [-0.15, -0.1) is 0 Å². The molecule has 2 fully saturated rings. The second-order valence-electron chi connectivity index (χ2n) is 6.31. The Hall–Kier alpha value is -1.79. The predicted octanol–water partition coefficient (Wildman–Crippen LogP) is 1.24. The van der Waals surface area contributed by atoms with E-state index in [-0.39, 0.29) is 23.8 Å². The van der Waals surface area contributed by atoms with Crippen molar-refractivity contribution in [2.75, 3.05) is 39.8 Å². The van der Waals surface area contributed by atoms with E-state index in [1.165, 1.54) is 7.11 Å². The summed E-state index contributed by atoms with van der Waals surface area (Å²) in [6.45, 7) is 5.33. The van der Waals surface area contributed by atoms with Crippen molar-refractivity contribution in [3.05, 3.63) is 28.8 Å². The van der Waals surface area contributed by atoms with Crippen LogP contribution < -0.4 is 10.1 Å². The second-order valence-corrected chi connectivity index (χ2v) is 6.75. The zero-order chi connectivity index (χ0) is 17.3. The third-order valence-corrected chi connectivity index (χ3v) is 4.92. The Morgan fingerprint density at radius 2 is 2.12 bits per heavy atom.